The number of hydrogen-bond donors (Lipinski definition) is 0. The van der Waals surface area contributed by atoms with E-state index in [-0.39, 0.29) is 5.19 Å². The van der Waals surface area contributed by atoms with E-state index in [4.69, 9.17) is 0 Å². The summed E-state index contributed by atoms with van der Waals surface area (Å²) in [6, 6.07) is 4.97. The summed E-state index contributed by atoms with van der Waals surface area (Å²) in [7, 11) is -3.31. The molecule has 1 aromatic carbocycles. The molecule has 0 amide bonds. The monoisotopic (exact) mass is 249 g/mol. The second kappa shape index (κ2) is 4.14. The molecule has 4 heteroatoms. The van der Waals surface area contributed by atoms with Crippen molar-refractivity contribution < 1.29 is 8.22 Å². The summed E-state index contributed by atoms with van der Waals surface area (Å²) >= 11 is 3.26. The van der Waals surface area contributed by atoms with Gasteiger partial charge in [-0.3, -0.25) is 8.22 Å². The molecule has 1 rings (SSSR count). The molecule has 0 bridgehead atoms. The SMILES string of the molecule is CCc1c(Br)cccc1[Si](F)F. The summed E-state index contributed by atoms with van der Waals surface area (Å²) in [6.07, 6.45) is 0.652. The minimum Gasteiger partial charge on any atom is -0.262 e. The van der Waals surface area contributed by atoms with Gasteiger partial charge < -0.3 is 0 Å². The molecule has 0 spiro atoms. The van der Waals surface area contributed by atoms with Crippen molar-refractivity contribution in [3.8, 4) is 0 Å². The van der Waals surface area contributed by atoms with Crippen molar-refractivity contribution >= 4 is 30.6 Å². The Kier molecular flexibility index (Phi) is 3.40. The smallest absolute Gasteiger partial charge is 0.262 e. The maximum absolute atomic E-state index is 12.5. The lowest BCUT2D eigenvalue weighted by atomic mass is 10.2. The molecule has 0 saturated heterocycles. The fraction of sp³-hybridized carbons (Fsp3) is 0.250. The quantitative estimate of drug-likeness (QED) is 0.559. The van der Waals surface area contributed by atoms with Gasteiger partial charge in [-0.25, -0.2) is 0 Å². The molecule has 12 heavy (non-hydrogen) atoms. The lowest BCUT2D eigenvalue weighted by molar-refractivity contribution is 0.683. The third-order valence-electron chi connectivity index (χ3n) is 1.68. The Morgan fingerprint density at radius 2 is 2.08 bits per heavy atom. The molecule has 0 nitrogen and oxygen atoms in total. The van der Waals surface area contributed by atoms with E-state index in [1.165, 1.54) is 6.07 Å². The minimum atomic E-state index is -3.31. The molecule has 1 radical (unpaired) electrons. The summed E-state index contributed by atoms with van der Waals surface area (Å²) in [5, 5.41) is 0.233. The van der Waals surface area contributed by atoms with Crippen LogP contribution in [0.1, 0.15) is 12.5 Å². The van der Waals surface area contributed by atoms with Crippen molar-refractivity contribution in [2.24, 2.45) is 0 Å². The van der Waals surface area contributed by atoms with E-state index < -0.39 is 9.46 Å². The number of halogens is 3. The van der Waals surface area contributed by atoms with Crippen molar-refractivity contribution in [2.45, 2.75) is 13.3 Å². The highest BCUT2D eigenvalue weighted by molar-refractivity contribution is 9.10. The second-order valence-electron chi connectivity index (χ2n) is 2.38. The van der Waals surface area contributed by atoms with E-state index in [9.17, 15) is 8.22 Å². The Bertz CT molecular complexity index is 276. The number of rotatable bonds is 2. The summed E-state index contributed by atoms with van der Waals surface area (Å²) in [6.45, 7) is 1.88. The van der Waals surface area contributed by atoms with Crippen LogP contribution in [-0.2, 0) is 6.42 Å². The Morgan fingerprint density at radius 1 is 1.42 bits per heavy atom. The second-order valence-corrected chi connectivity index (χ2v) is 4.29. The molecule has 0 aliphatic carbocycles. The van der Waals surface area contributed by atoms with Crippen LogP contribution in [0.15, 0.2) is 22.7 Å². The van der Waals surface area contributed by atoms with E-state index in [0.717, 1.165) is 10.0 Å². The van der Waals surface area contributed by atoms with Gasteiger partial charge in [-0.15, -0.1) is 0 Å². The maximum Gasteiger partial charge on any atom is 0.511 e. The van der Waals surface area contributed by atoms with Crippen LogP contribution in [0.2, 0.25) is 0 Å². The van der Waals surface area contributed by atoms with E-state index in [1.54, 1.807) is 12.1 Å². The molecule has 0 aliphatic heterocycles. The predicted molar refractivity (Wildman–Crippen MR) is 51.1 cm³/mol. The normalized spacial score (nSPS) is 10.8. The molecule has 0 N–H and O–H groups in total. The van der Waals surface area contributed by atoms with Gasteiger partial charge in [0.05, 0.1) is 0 Å². The van der Waals surface area contributed by atoms with Crippen LogP contribution in [0, 0.1) is 0 Å². The van der Waals surface area contributed by atoms with E-state index >= 15 is 0 Å². The van der Waals surface area contributed by atoms with Crippen LogP contribution in [0.4, 0.5) is 8.22 Å². The van der Waals surface area contributed by atoms with Gasteiger partial charge in [0.1, 0.15) is 0 Å². The minimum absolute atomic E-state index is 0.233. The highest BCUT2D eigenvalue weighted by Crippen LogP contribution is 2.15. The van der Waals surface area contributed by atoms with Crippen molar-refractivity contribution in [1.82, 2.24) is 0 Å². The molecule has 0 atom stereocenters. The number of hydrogen-bond acceptors (Lipinski definition) is 0. The average molecular weight is 250 g/mol. The van der Waals surface area contributed by atoms with E-state index in [2.05, 4.69) is 15.9 Å². The Labute approximate surface area is 80.7 Å². The van der Waals surface area contributed by atoms with Crippen molar-refractivity contribution in [3.63, 3.8) is 0 Å². The molecule has 0 fully saturated rings. The van der Waals surface area contributed by atoms with E-state index in [0.29, 0.717) is 6.42 Å². The first-order chi connectivity index (χ1) is 5.66. The zero-order valence-electron chi connectivity index (χ0n) is 6.57. The topological polar surface area (TPSA) is 0 Å². The van der Waals surface area contributed by atoms with Gasteiger partial charge in [0, 0.05) is 9.66 Å². The Hall–Kier alpha value is -0.223. The fourth-order valence-electron chi connectivity index (χ4n) is 1.10. The van der Waals surface area contributed by atoms with Crippen LogP contribution in [0.5, 0.6) is 0 Å². The lowest BCUT2D eigenvalue weighted by Crippen LogP contribution is -2.24. The highest BCUT2D eigenvalue weighted by Gasteiger charge is 2.18. The Morgan fingerprint density at radius 3 is 2.50 bits per heavy atom. The first-order valence-electron chi connectivity index (χ1n) is 3.62. The van der Waals surface area contributed by atoms with Crippen molar-refractivity contribution in [2.75, 3.05) is 0 Å². The van der Waals surface area contributed by atoms with Crippen LogP contribution in [-0.4, -0.2) is 9.46 Å². The highest BCUT2D eigenvalue weighted by atomic mass is 79.9. The van der Waals surface area contributed by atoms with E-state index in [1.807, 2.05) is 6.92 Å². The van der Waals surface area contributed by atoms with Crippen LogP contribution >= 0.6 is 15.9 Å². The van der Waals surface area contributed by atoms with Gasteiger partial charge in [-0.2, -0.15) is 0 Å². The van der Waals surface area contributed by atoms with Crippen LogP contribution < -0.4 is 5.19 Å². The molecular formula is C8H8BrF2Si. The largest absolute Gasteiger partial charge is 0.511 e. The average Bonchev–Trinajstić information content (AvgIpc) is 2.03. The zero-order valence-corrected chi connectivity index (χ0v) is 9.16. The molecule has 0 saturated carbocycles. The van der Waals surface area contributed by atoms with Crippen LogP contribution in [0.3, 0.4) is 0 Å². The summed E-state index contributed by atoms with van der Waals surface area (Å²) in [4.78, 5) is 0. The molecule has 0 aliphatic rings. The standard InChI is InChI=1S/C8H8BrF2Si/c1-2-6-7(9)4-3-5-8(6)12(10)11/h3-5H,2H2,1H3. The predicted octanol–water partition coefficient (Wildman–Crippen LogP) is 2.65. The summed E-state index contributed by atoms with van der Waals surface area (Å²) < 4.78 is 25.7. The summed E-state index contributed by atoms with van der Waals surface area (Å²) in [5.41, 5.74) is 0.747. The molecule has 0 unspecified atom stereocenters. The molecule has 0 heterocycles. The number of benzene rings is 1. The summed E-state index contributed by atoms with van der Waals surface area (Å²) in [5.74, 6) is 0. The van der Waals surface area contributed by atoms with Gasteiger partial charge in [0.2, 0.25) is 0 Å². The molecule has 1 aromatic rings. The van der Waals surface area contributed by atoms with Gasteiger partial charge in [-0.05, 0) is 18.1 Å². The molecular weight excluding hydrogens is 242 g/mol. The van der Waals surface area contributed by atoms with Gasteiger partial charge in [0.15, 0.2) is 0 Å². The first kappa shape index (κ1) is 9.86. The fourth-order valence-corrected chi connectivity index (χ4v) is 2.69. The maximum atomic E-state index is 12.5. The van der Waals surface area contributed by atoms with Crippen LogP contribution in [0.25, 0.3) is 0 Å². The molecule has 65 valence electrons. The first-order valence-corrected chi connectivity index (χ1v) is 5.67. The third-order valence-corrected chi connectivity index (χ3v) is 3.29. The Balaban J connectivity index is 3.18. The van der Waals surface area contributed by atoms with Crippen molar-refractivity contribution in [1.29, 1.82) is 0 Å². The zero-order chi connectivity index (χ0) is 9.14. The van der Waals surface area contributed by atoms with Gasteiger partial charge >= 0.3 is 9.46 Å². The lowest BCUT2D eigenvalue weighted by Gasteiger charge is -2.06. The third kappa shape index (κ3) is 1.93. The molecule has 0 aromatic heterocycles. The van der Waals surface area contributed by atoms with Crippen molar-refractivity contribution in [3.05, 3.63) is 28.2 Å². The van der Waals surface area contributed by atoms with Gasteiger partial charge in [0.25, 0.3) is 0 Å². The van der Waals surface area contributed by atoms with Gasteiger partial charge in [-0.1, -0.05) is 35.0 Å².